The quantitative estimate of drug-likeness (QED) is 0.0609. The van der Waals surface area contributed by atoms with E-state index in [0.29, 0.717) is 0 Å². The van der Waals surface area contributed by atoms with Crippen molar-refractivity contribution in [3.8, 4) is 17.2 Å². The van der Waals surface area contributed by atoms with Crippen LogP contribution in [-0.2, 0) is 14.8 Å². The van der Waals surface area contributed by atoms with E-state index in [0.717, 1.165) is 53.2 Å². The molecule has 1 N–H and O–H groups in total. The van der Waals surface area contributed by atoms with Gasteiger partial charge in [0, 0.05) is 24.5 Å². The average Bonchev–Trinajstić information content (AvgIpc) is 3.25. The fraction of sp³-hybridized carbons (Fsp3) is 0.521. The van der Waals surface area contributed by atoms with Gasteiger partial charge in [0.2, 0.25) is 0 Å². The maximum Gasteiger partial charge on any atom is 0.262 e. The van der Waals surface area contributed by atoms with Crippen LogP contribution in [0.1, 0.15) is 157 Å². The first kappa shape index (κ1) is 60.0. The molecule has 326 valence electrons. The van der Waals surface area contributed by atoms with E-state index in [9.17, 15) is 13.2 Å². The highest BCUT2D eigenvalue weighted by molar-refractivity contribution is 7.89. The summed E-state index contributed by atoms with van der Waals surface area (Å²) in [7, 11) is -0.369. The standard InChI is InChI=1S/C20H26O3.C11H13NO3S2.C6H12.C5H12.3C2H6/c1-5-6-13-23-17-9-7-16(8-10-17)15(2)19-12-11-18(21-3)14-20(19)22-4;1-8-3-5-10(6-4-8)17(14,15)12-11(7-16)9(2)13;1-3-5-6-4-2;1-3-5-4-2;3*1-2/h7-12,14-15H,5-6,13H2,1-4H3;3-7,12,16H,1-2H3;3H,1,4-6H2,2H3;3-5H2,1-2H3;3*1-2H3/b;11-7-;;;;;. The number of unbranched alkanes of at least 4 members (excludes halogenated alkanes) is 5. The molecular formula is C48H81NO6S2. The number of ketones is 1. The van der Waals surface area contributed by atoms with E-state index in [1.54, 1.807) is 26.4 Å². The number of hydrogen-bond acceptors (Lipinski definition) is 7. The van der Waals surface area contributed by atoms with E-state index in [2.05, 4.69) is 76.7 Å². The molecule has 0 amide bonds. The first-order chi connectivity index (χ1) is 27.4. The molecule has 0 aliphatic heterocycles. The SMILES string of the molecule is C=CCCCC.CC.CC.CC.CC(=O)/C(=C/S)NS(=O)(=O)c1ccc(C)cc1.CCCCC.CCCCOc1ccc(C(C)c2ccc(OC)cc2OC)cc1. The smallest absolute Gasteiger partial charge is 0.262 e. The molecule has 0 saturated carbocycles. The molecule has 0 aliphatic rings. The summed E-state index contributed by atoms with van der Waals surface area (Å²) < 4.78 is 42.4. The lowest BCUT2D eigenvalue weighted by atomic mass is 9.92. The molecule has 1 unspecified atom stereocenters. The molecule has 1 atom stereocenters. The summed E-state index contributed by atoms with van der Waals surface area (Å²) in [5, 5.41) is 1.13. The molecule has 7 nitrogen and oxygen atoms in total. The molecule has 57 heavy (non-hydrogen) atoms. The summed E-state index contributed by atoms with van der Waals surface area (Å²) in [6, 6.07) is 20.6. The van der Waals surface area contributed by atoms with Gasteiger partial charge in [-0.2, -0.15) is 0 Å². The van der Waals surface area contributed by atoms with Crippen molar-refractivity contribution in [2.75, 3.05) is 20.8 Å². The molecule has 3 rings (SSSR count). The highest BCUT2D eigenvalue weighted by Crippen LogP contribution is 2.34. The number of allylic oxidation sites excluding steroid dienone is 2. The van der Waals surface area contributed by atoms with Gasteiger partial charge in [0.15, 0.2) is 5.78 Å². The van der Waals surface area contributed by atoms with Gasteiger partial charge in [-0.1, -0.05) is 157 Å². The van der Waals surface area contributed by atoms with Crippen molar-refractivity contribution in [3.63, 3.8) is 0 Å². The van der Waals surface area contributed by atoms with Crippen molar-refractivity contribution in [1.29, 1.82) is 0 Å². The van der Waals surface area contributed by atoms with Crippen LogP contribution in [0.3, 0.4) is 0 Å². The Morgan fingerprint density at radius 2 is 1.28 bits per heavy atom. The van der Waals surface area contributed by atoms with Gasteiger partial charge >= 0.3 is 0 Å². The van der Waals surface area contributed by atoms with Crippen LogP contribution in [0.4, 0.5) is 0 Å². The zero-order valence-electron chi connectivity index (χ0n) is 38.5. The minimum Gasteiger partial charge on any atom is -0.497 e. The number of nitrogens with one attached hydrogen (secondary N) is 1. The number of hydrogen-bond donors (Lipinski definition) is 2. The number of sulfonamides is 1. The number of benzene rings is 3. The maximum absolute atomic E-state index is 11.9. The van der Waals surface area contributed by atoms with Gasteiger partial charge in [-0.15, -0.1) is 19.2 Å². The summed E-state index contributed by atoms with van der Waals surface area (Å²) >= 11 is 3.79. The third-order valence-corrected chi connectivity index (χ3v) is 9.25. The number of Topliss-reactive ketones (excluding diaryl/α,β-unsaturated/α-hetero) is 1. The minimum absolute atomic E-state index is 0.0612. The van der Waals surface area contributed by atoms with Gasteiger partial charge in [-0.3, -0.25) is 9.52 Å². The Labute approximate surface area is 356 Å². The minimum atomic E-state index is -3.72. The van der Waals surface area contributed by atoms with Crippen molar-refractivity contribution in [3.05, 3.63) is 107 Å². The monoisotopic (exact) mass is 832 g/mol. The van der Waals surface area contributed by atoms with E-state index in [1.807, 2.05) is 78.8 Å². The van der Waals surface area contributed by atoms with Crippen LogP contribution in [0.25, 0.3) is 0 Å². The summed E-state index contributed by atoms with van der Waals surface area (Å²) in [6.07, 6.45) is 12.0. The Balaban J connectivity index is -0.000000361. The number of methoxy groups -OCH3 is 2. The summed E-state index contributed by atoms with van der Waals surface area (Å²) in [4.78, 5) is 11.2. The number of rotatable bonds is 17. The zero-order valence-corrected chi connectivity index (χ0v) is 40.2. The molecule has 9 heteroatoms. The summed E-state index contributed by atoms with van der Waals surface area (Å²) in [5.41, 5.74) is 3.28. The molecule has 3 aromatic carbocycles. The third kappa shape index (κ3) is 28.4. The van der Waals surface area contributed by atoms with Crippen LogP contribution in [0, 0.1) is 6.92 Å². The number of carbonyl (C=O) groups is 1. The lowest BCUT2D eigenvalue weighted by Gasteiger charge is -2.17. The second-order valence-corrected chi connectivity index (χ2v) is 13.8. The molecule has 0 bridgehead atoms. The Bertz CT molecular complexity index is 1520. The predicted octanol–water partition coefficient (Wildman–Crippen LogP) is 14.3. The fourth-order valence-corrected chi connectivity index (χ4v) is 5.79. The van der Waals surface area contributed by atoms with Crippen LogP contribution < -0.4 is 18.9 Å². The molecule has 3 aromatic rings. The zero-order chi connectivity index (χ0) is 44.7. The molecule has 0 aliphatic carbocycles. The Morgan fingerprint density at radius 1 is 0.772 bits per heavy atom. The van der Waals surface area contributed by atoms with Crippen LogP contribution in [0.15, 0.2) is 95.4 Å². The van der Waals surface area contributed by atoms with Crippen LogP contribution in [-0.4, -0.2) is 35.0 Å². The lowest BCUT2D eigenvalue weighted by Crippen LogP contribution is -2.26. The fourth-order valence-electron chi connectivity index (χ4n) is 4.36. The maximum atomic E-state index is 11.9. The molecule has 0 fully saturated rings. The van der Waals surface area contributed by atoms with Gasteiger partial charge in [0.25, 0.3) is 10.0 Å². The van der Waals surface area contributed by atoms with E-state index >= 15 is 0 Å². The average molecular weight is 832 g/mol. The van der Waals surface area contributed by atoms with E-state index < -0.39 is 15.8 Å². The molecular weight excluding hydrogens is 751 g/mol. The first-order valence-electron chi connectivity index (χ1n) is 20.9. The Hall–Kier alpha value is -3.69. The van der Waals surface area contributed by atoms with Crippen LogP contribution in [0.5, 0.6) is 17.2 Å². The van der Waals surface area contributed by atoms with Gasteiger partial charge < -0.3 is 14.2 Å². The molecule has 0 spiro atoms. The largest absolute Gasteiger partial charge is 0.497 e. The van der Waals surface area contributed by atoms with Gasteiger partial charge in [0.1, 0.15) is 17.2 Å². The first-order valence-corrected chi connectivity index (χ1v) is 22.9. The normalized spacial score (nSPS) is 10.4. The number of thiol groups is 1. The molecule has 0 aromatic heterocycles. The summed E-state index contributed by atoms with van der Waals surface area (Å²) in [5.74, 6) is 2.42. The second kappa shape index (κ2) is 40.5. The Kier molecular flexibility index (Phi) is 42.6. The lowest BCUT2D eigenvalue weighted by molar-refractivity contribution is -0.113. The third-order valence-electron chi connectivity index (χ3n) is 7.61. The Morgan fingerprint density at radius 3 is 1.67 bits per heavy atom. The van der Waals surface area contributed by atoms with Crippen LogP contribution >= 0.6 is 12.6 Å². The number of carbonyl (C=O) groups excluding carboxylic acids is 1. The van der Waals surface area contributed by atoms with Gasteiger partial charge in [-0.05, 0) is 61.1 Å². The number of aryl methyl sites for hydroxylation is 1. The second-order valence-electron chi connectivity index (χ2n) is 11.9. The van der Waals surface area contributed by atoms with E-state index in [1.165, 1.54) is 63.1 Å². The molecule has 0 heterocycles. The van der Waals surface area contributed by atoms with Crippen molar-refractivity contribution < 1.29 is 27.4 Å². The van der Waals surface area contributed by atoms with E-state index in [-0.39, 0.29) is 16.5 Å². The summed E-state index contributed by atoms with van der Waals surface area (Å²) in [6.45, 7) is 30.4. The van der Waals surface area contributed by atoms with Crippen molar-refractivity contribution in [1.82, 2.24) is 4.72 Å². The van der Waals surface area contributed by atoms with E-state index in [4.69, 9.17) is 14.2 Å². The highest BCUT2D eigenvalue weighted by atomic mass is 32.2. The topological polar surface area (TPSA) is 90.9 Å². The number of ether oxygens (including phenoxy) is 3. The molecule has 0 radical (unpaired) electrons. The van der Waals surface area contributed by atoms with Crippen molar-refractivity contribution in [2.24, 2.45) is 0 Å². The predicted molar refractivity (Wildman–Crippen MR) is 252 cm³/mol. The van der Waals surface area contributed by atoms with Crippen molar-refractivity contribution >= 4 is 28.4 Å². The van der Waals surface area contributed by atoms with Gasteiger partial charge in [0.05, 0.1) is 31.4 Å². The van der Waals surface area contributed by atoms with Crippen LogP contribution in [0.2, 0.25) is 0 Å². The van der Waals surface area contributed by atoms with Crippen molar-refractivity contribution in [2.45, 2.75) is 152 Å². The highest BCUT2D eigenvalue weighted by Gasteiger charge is 2.17. The molecule has 0 saturated heterocycles. The van der Waals surface area contributed by atoms with Gasteiger partial charge in [-0.25, -0.2) is 8.42 Å².